The Morgan fingerprint density at radius 2 is 2.19 bits per heavy atom. The van der Waals surface area contributed by atoms with Gasteiger partial charge in [-0.05, 0) is 24.8 Å². The number of hydrogen-bond donors (Lipinski definition) is 2. The molecule has 0 saturated carbocycles. The first-order valence-corrected chi connectivity index (χ1v) is 7.58. The number of alkyl halides is 3. The largest absolute Gasteiger partial charge is 0.411 e. The van der Waals surface area contributed by atoms with Crippen molar-refractivity contribution in [2.75, 3.05) is 26.3 Å². The lowest BCUT2D eigenvalue weighted by Crippen LogP contribution is -2.38. The van der Waals surface area contributed by atoms with Gasteiger partial charge in [-0.2, -0.15) is 13.2 Å². The predicted octanol–water partition coefficient (Wildman–Crippen LogP) is 2.77. The van der Waals surface area contributed by atoms with Gasteiger partial charge in [0.2, 0.25) is 0 Å². The fourth-order valence-electron chi connectivity index (χ4n) is 1.47. The molecule has 8 heteroatoms. The Morgan fingerprint density at radius 3 is 2.81 bits per heavy atom. The number of nitrogens with zero attached hydrogens (tertiary/aromatic N) is 1. The summed E-state index contributed by atoms with van der Waals surface area (Å²) < 4.78 is 40.1. The van der Waals surface area contributed by atoms with Crippen LogP contribution in [0.2, 0.25) is 0 Å². The average Bonchev–Trinajstić information content (AvgIpc) is 2.91. The molecular formula is C13H20F3N3OS. The van der Waals surface area contributed by atoms with Gasteiger partial charge in [0.05, 0.1) is 6.54 Å². The molecule has 2 N–H and O–H groups in total. The molecule has 0 spiro atoms. The van der Waals surface area contributed by atoms with E-state index in [1.807, 2.05) is 24.4 Å². The quantitative estimate of drug-likeness (QED) is 0.439. The first-order valence-electron chi connectivity index (χ1n) is 6.70. The van der Waals surface area contributed by atoms with Crippen LogP contribution in [0.3, 0.4) is 0 Å². The second-order valence-corrected chi connectivity index (χ2v) is 5.25. The molecule has 0 atom stereocenters. The summed E-state index contributed by atoms with van der Waals surface area (Å²) in [6.07, 6.45) is -3.77. The van der Waals surface area contributed by atoms with Crippen molar-refractivity contribution in [3.8, 4) is 0 Å². The van der Waals surface area contributed by atoms with Gasteiger partial charge in [0.1, 0.15) is 6.61 Å². The van der Waals surface area contributed by atoms with E-state index in [1.165, 1.54) is 0 Å². The van der Waals surface area contributed by atoms with E-state index in [0.29, 0.717) is 25.5 Å². The SMILES string of the molecule is CCNC(=NCc1cccs1)NCCCOCC(F)(F)F. The third-order valence-corrected chi connectivity index (χ3v) is 3.20. The number of ether oxygens (including phenoxy) is 1. The van der Waals surface area contributed by atoms with Crippen LogP contribution in [0.15, 0.2) is 22.5 Å². The number of aliphatic imine (C=N–C) groups is 1. The lowest BCUT2D eigenvalue weighted by atomic mass is 10.4. The van der Waals surface area contributed by atoms with Gasteiger partial charge < -0.3 is 15.4 Å². The average molecular weight is 323 g/mol. The molecule has 1 heterocycles. The van der Waals surface area contributed by atoms with Crippen LogP contribution in [-0.4, -0.2) is 38.4 Å². The van der Waals surface area contributed by atoms with Crippen molar-refractivity contribution in [1.29, 1.82) is 0 Å². The molecule has 0 amide bonds. The number of guanidine groups is 1. The van der Waals surface area contributed by atoms with Crippen molar-refractivity contribution in [1.82, 2.24) is 10.6 Å². The minimum absolute atomic E-state index is 0.0663. The summed E-state index contributed by atoms with van der Waals surface area (Å²) in [7, 11) is 0. The Morgan fingerprint density at radius 1 is 1.38 bits per heavy atom. The van der Waals surface area contributed by atoms with Crippen molar-refractivity contribution in [2.45, 2.75) is 26.1 Å². The van der Waals surface area contributed by atoms with E-state index in [0.717, 1.165) is 11.4 Å². The van der Waals surface area contributed by atoms with Crippen molar-refractivity contribution in [3.63, 3.8) is 0 Å². The normalized spacial score (nSPS) is 12.5. The molecule has 21 heavy (non-hydrogen) atoms. The Hall–Kier alpha value is -1.28. The Kier molecular flexibility index (Phi) is 8.14. The van der Waals surface area contributed by atoms with Gasteiger partial charge in [-0.3, -0.25) is 0 Å². The standard InChI is InChI=1S/C13H20F3N3OS/c1-2-17-12(19-9-11-5-3-8-21-11)18-6-4-7-20-10-13(14,15)16/h3,5,8H,2,4,6-7,9-10H2,1H3,(H2,17,18,19). The number of hydrogen-bond acceptors (Lipinski definition) is 3. The van der Waals surface area contributed by atoms with E-state index in [-0.39, 0.29) is 6.61 Å². The molecule has 1 rings (SSSR count). The Labute approximate surface area is 126 Å². The number of rotatable bonds is 8. The lowest BCUT2D eigenvalue weighted by molar-refractivity contribution is -0.173. The summed E-state index contributed by atoms with van der Waals surface area (Å²) in [4.78, 5) is 5.55. The van der Waals surface area contributed by atoms with Gasteiger partial charge in [0.25, 0.3) is 0 Å². The maximum atomic E-state index is 11.9. The topological polar surface area (TPSA) is 45.7 Å². The Bertz CT molecular complexity index is 407. The van der Waals surface area contributed by atoms with Crippen LogP contribution in [-0.2, 0) is 11.3 Å². The van der Waals surface area contributed by atoms with Gasteiger partial charge >= 0.3 is 6.18 Å². The van der Waals surface area contributed by atoms with Crippen LogP contribution in [0.4, 0.5) is 13.2 Å². The van der Waals surface area contributed by atoms with E-state index in [2.05, 4.69) is 20.4 Å². The summed E-state index contributed by atoms with van der Waals surface area (Å²) in [5.74, 6) is 0.654. The molecule has 0 saturated heterocycles. The van der Waals surface area contributed by atoms with Crippen molar-refractivity contribution >= 4 is 17.3 Å². The molecule has 0 aromatic carbocycles. The van der Waals surface area contributed by atoms with Gasteiger partial charge in [-0.25, -0.2) is 4.99 Å². The third-order valence-electron chi connectivity index (χ3n) is 2.34. The highest BCUT2D eigenvalue weighted by Gasteiger charge is 2.27. The zero-order valence-electron chi connectivity index (χ0n) is 11.9. The smallest absolute Gasteiger partial charge is 0.372 e. The molecule has 0 bridgehead atoms. The second-order valence-electron chi connectivity index (χ2n) is 4.22. The molecule has 0 unspecified atom stereocenters. The molecular weight excluding hydrogens is 303 g/mol. The van der Waals surface area contributed by atoms with E-state index in [1.54, 1.807) is 11.3 Å². The van der Waals surface area contributed by atoms with Crippen LogP contribution >= 0.6 is 11.3 Å². The summed E-state index contributed by atoms with van der Waals surface area (Å²) in [5, 5.41) is 8.14. The molecule has 0 fully saturated rings. The number of halogens is 3. The minimum Gasteiger partial charge on any atom is -0.372 e. The molecule has 0 aliphatic rings. The van der Waals surface area contributed by atoms with Gasteiger partial charge in [0.15, 0.2) is 5.96 Å². The predicted molar refractivity (Wildman–Crippen MR) is 78.6 cm³/mol. The first-order chi connectivity index (χ1) is 10.0. The van der Waals surface area contributed by atoms with E-state index in [4.69, 9.17) is 0 Å². The van der Waals surface area contributed by atoms with Gasteiger partial charge in [-0.1, -0.05) is 6.07 Å². The monoisotopic (exact) mass is 323 g/mol. The van der Waals surface area contributed by atoms with E-state index < -0.39 is 12.8 Å². The summed E-state index contributed by atoms with van der Waals surface area (Å²) in [5.41, 5.74) is 0. The van der Waals surface area contributed by atoms with Gasteiger partial charge in [0, 0.05) is 24.6 Å². The van der Waals surface area contributed by atoms with Crippen molar-refractivity contribution < 1.29 is 17.9 Å². The highest BCUT2D eigenvalue weighted by atomic mass is 32.1. The summed E-state index contributed by atoms with van der Waals surface area (Å²) in [6.45, 7) is 2.64. The van der Waals surface area contributed by atoms with Crippen molar-refractivity contribution in [2.24, 2.45) is 4.99 Å². The molecule has 0 radical (unpaired) electrons. The zero-order valence-corrected chi connectivity index (χ0v) is 12.7. The number of thiophene rings is 1. The third kappa shape index (κ3) is 9.30. The molecule has 0 aliphatic heterocycles. The van der Waals surface area contributed by atoms with E-state index in [9.17, 15) is 13.2 Å². The maximum Gasteiger partial charge on any atom is 0.411 e. The minimum atomic E-state index is -4.26. The molecule has 0 aliphatic carbocycles. The van der Waals surface area contributed by atoms with Crippen LogP contribution in [0.5, 0.6) is 0 Å². The molecule has 1 aromatic heterocycles. The van der Waals surface area contributed by atoms with Crippen LogP contribution in [0.1, 0.15) is 18.2 Å². The lowest BCUT2D eigenvalue weighted by Gasteiger charge is -2.11. The second kappa shape index (κ2) is 9.62. The van der Waals surface area contributed by atoms with Crippen LogP contribution < -0.4 is 10.6 Å². The highest BCUT2D eigenvalue weighted by Crippen LogP contribution is 2.14. The van der Waals surface area contributed by atoms with Crippen LogP contribution in [0.25, 0.3) is 0 Å². The molecule has 120 valence electrons. The number of nitrogens with one attached hydrogen (secondary N) is 2. The Balaban J connectivity index is 2.20. The molecule has 4 nitrogen and oxygen atoms in total. The van der Waals surface area contributed by atoms with E-state index >= 15 is 0 Å². The zero-order chi connectivity index (χ0) is 15.6. The molecule has 1 aromatic rings. The maximum absolute atomic E-state index is 11.9. The van der Waals surface area contributed by atoms with Crippen molar-refractivity contribution in [3.05, 3.63) is 22.4 Å². The van der Waals surface area contributed by atoms with Gasteiger partial charge in [-0.15, -0.1) is 11.3 Å². The highest BCUT2D eigenvalue weighted by molar-refractivity contribution is 7.09. The summed E-state index contributed by atoms with van der Waals surface area (Å²) in [6, 6.07) is 3.97. The fraction of sp³-hybridized carbons (Fsp3) is 0.615. The summed E-state index contributed by atoms with van der Waals surface area (Å²) >= 11 is 1.63. The van der Waals surface area contributed by atoms with Crippen LogP contribution in [0, 0.1) is 0 Å². The first kappa shape index (κ1) is 17.8. The fourth-order valence-corrected chi connectivity index (χ4v) is 2.10.